The lowest BCUT2D eigenvalue weighted by Crippen LogP contribution is -2.41. The van der Waals surface area contributed by atoms with Crippen LogP contribution in [0.1, 0.15) is 29.3 Å². The van der Waals surface area contributed by atoms with Crippen LogP contribution in [0.3, 0.4) is 0 Å². The van der Waals surface area contributed by atoms with Gasteiger partial charge in [0.15, 0.2) is 0 Å². The van der Waals surface area contributed by atoms with Gasteiger partial charge in [0.25, 0.3) is 5.91 Å². The van der Waals surface area contributed by atoms with Gasteiger partial charge >= 0.3 is 5.97 Å². The number of rotatable bonds is 6. The van der Waals surface area contributed by atoms with Crippen LogP contribution in [0.2, 0.25) is 0 Å². The van der Waals surface area contributed by atoms with Crippen LogP contribution in [-0.4, -0.2) is 44.1 Å². The summed E-state index contributed by atoms with van der Waals surface area (Å²) in [4.78, 5) is 36.8. The first kappa shape index (κ1) is 13.6. The van der Waals surface area contributed by atoms with Crippen molar-refractivity contribution in [3.05, 3.63) is 11.6 Å². The third-order valence-electron chi connectivity index (χ3n) is 2.08. The van der Waals surface area contributed by atoms with E-state index < -0.39 is 23.8 Å². The van der Waals surface area contributed by atoms with Crippen molar-refractivity contribution in [2.75, 3.05) is 0 Å². The molecule has 1 rings (SSSR count). The van der Waals surface area contributed by atoms with Crippen LogP contribution in [0.5, 0.6) is 0 Å². The van der Waals surface area contributed by atoms with Gasteiger partial charge in [-0.2, -0.15) is 0 Å². The number of nitrogens with zero attached hydrogens (tertiary/aromatic N) is 2. The fraction of sp³-hybridized carbons (Fsp3) is 0.444. The van der Waals surface area contributed by atoms with Crippen molar-refractivity contribution < 1.29 is 19.5 Å². The Bertz CT molecular complexity index is 469. The Balaban J connectivity index is 2.63. The Hall–Kier alpha value is -2.45. The number of H-pyrrole nitrogens is 1. The number of aliphatic carboxylic acids is 1. The summed E-state index contributed by atoms with van der Waals surface area (Å²) in [5.41, 5.74) is 4.91. The molecule has 0 fully saturated rings. The average Bonchev–Trinajstić information content (AvgIpc) is 2.70. The summed E-state index contributed by atoms with van der Waals surface area (Å²) in [5, 5.41) is 17.1. The van der Waals surface area contributed by atoms with E-state index in [1.165, 1.54) is 0 Å². The number of carboxylic acids is 1. The van der Waals surface area contributed by atoms with Gasteiger partial charge in [0.2, 0.25) is 11.7 Å². The monoisotopic (exact) mass is 255 g/mol. The van der Waals surface area contributed by atoms with Gasteiger partial charge in [-0.15, -0.1) is 5.10 Å². The molecule has 0 aliphatic rings. The molecule has 0 saturated heterocycles. The van der Waals surface area contributed by atoms with Crippen molar-refractivity contribution >= 4 is 17.8 Å². The highest BCUT2D eigenvalue weighted by atomic mass is 16.4. The zero-order chi connectivity index (χ0) is 13.7. The first-order valence-electron chi connectivity index (χ1n) is 5.11. The molecule has 9 nitrogen and oxygen atoms in total. The van der Waals surface area contributed by atoms with Crippen molar-refractivity contribution in [1.29, 1.82) is 0 Å². The molecule has 5 N–H and O–H groups in total. The van der Waals surface area contributed by atoms with Gasteiger partial charge in [0.05, 0.1) is 0 Å². The zero-order valence-corrected chi connectivity index (χ0v) is 9.64. The molecule has 2 amide bonds. The Kier molecular flexibility index (Phi) is 4.35. The number of aromatic nitrogens is 3. The molecule has 1 aromatic rings. The Morgan fingerprint density at radius 1 is 1.50 bits per heavy atom. The molecule has 1 aromatic heterocycles. The van der Waals surface area contributed by atoms with E-state index in [0.717, 1.165) is 0 Å². The molecular weight excluding hydrogens is 242 g/mol. The highest BCUT2D eigenvalue weighted by Gasteiger charge is 2.22. The van der Waals surface area contributed by atoms with Crippen LogP contribution in [0.25, 0.3) is 0 Å². The maximum Gasteiger partial charge on any atom is 0.326 e. The van der Waals surface area contributed by atoms with E-state index in [0.29, 0.717) is 5.82 Å². The van der Waals surface area contributed by atoms with E-state index in [1.807, 2.05) is 0 Å². The van der Waals surface area contributed by atoms with E-state index in [-0.39, 0.29) is 18.7 Å². The summed E-state index contributed by atoms with van der Waals surface area (Å²) in [6.07, 6.45) is -0.218. The van der Waals surface area contributed by atoms with Crippen LogP contribution in [0, 0.1) is 6.92 Å². The molecule has 0 aromatic carbocycles. The number of carboxylic acid groups (broad SMARTS) is 1. The molecule has 98 valence electrons. The van der Waals surface area contributed by atoms with E-state index in [2.05, 4.69) is 20.5 Å². The van der Waals surface area contributed by atoms with Crippen LogP contribution in [0.4, 0.5) is 0 Å². The Morgan fingerprint density at radius 3 is 2.61 bits per heavy atom. The van der Waals surface area contributed by atoms with E-state index in [4.69, 9.17) is 10.8 Å². The van der Waals surface area contributed by atoms with Crippen molar-refractivity contribution in [1.82, 2.24) is 20.5 Å². The molecule has 0 radical (unpaired) electrons. The Labute approximate surface area is 102 Å². The first-order valence-corrected chi connectivity index (χ1v) is 5.11. The quantitative estimate of drug-likeness (QED) is 0.488. The number of amides is 2. The molecule has 0 saturated carbocycles. The highest BCUT2D eigenvalue weighted by Crippen LogP contribution is 1.99. The molecule has 0 bridgehead atoms. The largest absolute Gasteiger partial charge is 0.480 e. The number of nitrogens with two attached hydrogens (primary N) is 1. The van der Waals surface area contributed by atoms with E-state index in [9.17, 15) is 14.4 Å². The van der Waals surface area contributed by atoms with Gasteiger partial charge in [0, 0.05) is 6.42 Å². The lowest BCUT2D eigenvalue weighted by molar-refractivity contribution is -0.139. The van der Waals surface area contributed by atoms with E-state index >= 15 is 0 Å². The smallest absolute Gasteiger partial charge is 0.326 e. The predicted octanol–water partition coefficient (Wildman–Crippen LogP) is -1.44. The number of hydrogen-bond donors (Lipinski definition) is 4. The lowest BCUT2D eigenvalue weighted by atomic mass is 10.1. The third-order valence-corrected chi connectivity index (χ3v) is 2.08. The van der Waals surface area contributed by atoms with Crippen LogP contribution >= 0.6 is 0 Å². The predicted molar refractivity (Wildman–Crippen MR) is 58.4 cm³/mol. The summed E-state index contributed by atoms with van der Waals surface area (Å²) in [6.45, 7) is 1.60. The number of hydrogen-bond acceptors (Lipinski definition) is 5. The molecule has 0 unspecified atom stereocenters. The number of carbonyl (C=O) groups excluding carboxylic acids is 2. The SMILES string of the molecule is Cc1nc(C(=O)N[C@@H](CCC(N)=O)C(=O)O)n[nH]1. The average molecular weight is 255 g/mol. The minimum atomic E-state index is -1.25. The van der Waals surface area contributed by atoms with Crippen LogP contribution in [-0.2, 0) is 9.59 Å². The van der Waals surface area contributed by atoms with Crippen molar-refractivity contribution in [2.45, 2.75) is 25.8 Å². The van der Waals surface area contributed by atoms with Gasteiger partial charge in [-0.05, 0) is 13.3 Å². The molecule has 1 heterocycles. The second kappa shape index (κ2) is 5.75. The van der Waals surface area contributed by atoms with Gasteiger partial charge in [-0.25, -0.2) is 9.78 Å². The van der Waals surface area contributed by atoms with Gasteiger partial charge in [0.1, 0.15) is 11.9 Å². The van der Waals surface area contributed by atoms with Gasteiger partial charge in [-0.1, -0.05) is 0 Å². The number of primary amides is 1. The summed E-state index contributed by atoms with van der Waals surface area (Å²) in [7, 11) is 0. The number of aryl methyl sites for hydroxylation is 1. The standard InChI is InChI=1S/C9H13N5O4/c1-4-11-7(14-13-4)8(16)12-5(9(17)18)2-3-6(10)15/h5H,2-3H2,1H3,(H2,10,15)(H,12,16)(H,17,18)(H,11,13,14)/t5-/m0/s1. The normalized spacial score (nSPS) is 11.8. The molecule has 0 aliphatic heterocycles. The maximum atomic E-state index is 11.6. The number of nitrogens with one attached hydrogen (secondary N) is 2. The molecule has 18 heavy (non-hydrogen) atoms. The topological polar surface area (TPSA) is 151 Å². The zero-order valence-electron chi connectivity index (χ0n) is 9.64. The van der Waals surface area contributed by atoms with Crippen molar-refractivity contribution in [3.63, 3.8) is 0 Å². The summed E-state index contributed by atoms with van der Waals surface area (Å²) in [5.74, 6) is -2.33. The fourth-order valence-electron chi connectivity index (χ4n) is 1.21. The lowest BCUT2D eigenvalue weighted by Gasteiger charge is -2.11. The fourth-order valence-corrected chi connectivity index (χ4v) is 1.21. The van der Waals surface area contributed by atoms with Crippen LogP contribution in [0.15, 0.2) is 0 Å². The second-order valence-electron chi connectivity index (χ2n) is 3.61. The van der Waals surface area contributed by atoms with Gasteiger partial charge in [-0.3, -0.25) is 14.7 Å². The minimum absolute atomic E-state index is 0.0835. The summed E-state index contributed by atoms with van der Waals surface area (Å²) < 4.78 is 0. The molecule has 1 atom stereocenters. The highest BCUT2D eigenvalue weighted by molar-refractivity contribution is 5.93. The van der Waals surface area contributed by atoms with E-state index in [1.54, 1.807) is 6.92 Å². The van der Waals surface area contributed by atoms with Crippen LogP contribution < -0.4 is 11.1 Å². The second-order valence-corrected chi connectivity index (χ2v) is 3.61. The number of carbonyl (C=O) groups is 3. The summed E-state index contributed by atoms with van der Waals surface area (Å²) >= 11 is 0. The Morgan fingerprint density at radius 2 is 2.17 bits per heavy atom. The molecule has 0 spiro atoms. The maximum absolute atomic E-state index is 11.6. The molecular formula is C9H13N5O4. The van der Waals surface area contributed by atoms with Crippen molar-refractivity contribution in [3.8, 4) is 0 Å². The van der Waals surface area contributed by atoms with Gasteiger partial charge < -0.3 is 16.2 Å². The number of aromatic amines is 1. The minimum Gasteiger partial charge on any atom is -0.480 e. The molecule has 9 heteroatoms. The van der Waals surface area contributed by atoms with Crippen molar-refractivity contribution in [2.24, 2.45) is 5.73 Å². The molecule has 0 aliphatic carbocycles. The summed E-state index contributed by atoms with van der Waals surface area (Å²) in [6, 6.07) is -1.20. The first-order chi connectivity index (χ1) is 8.40. The third kappa shape index (κ3) is 3.85.